The van der Waals surface area contributed by atoms with E-state index in [1.165, 1.54) is 35.1 Å². The third-order valence-electron chi connectivity index (χ3n) is 4.91. The highest BCUT2D eigenvalue weighted by Crippen LogP contribution is 2.26. The van der Waals surface area contributed by atoms with Crippen molar-refractivity contribution in [2.75, 3.05) is 0 Å². The second-order valence-electron chi connectivity index (χ2n) is 7.48. The summed E-state index contributed by atoms with van der Waals surface area (Å²) >= 11 is 0. The SMILES string of the molecule is C=C/C(C)=C\C=C(/CC)C(C)C1=CCCC=C1.CC.CC(=O)Cc1cccc(C)c1. The van der Waals surface area contributed by atoms with Gasteiger partial charge in [0.2, 0.25) is 0 Å². The summed E-state index contributed by atoms with van der Waals surface area (Å²) in [6, 6.07) is 8.03. The number of ketones is 1. The van der Waals surface area contributed by atoms with Gasteiger partial charge < -0.3 is 0 Å². The van der Waals surface area contributed by atoms with Crippen molar-refractivity contribution in [2.24, 2.45) is 5.92 Å². The van der Waals surface area contributed by atoms with Crippen LogP contribution in [0.5, 0.6) is 0 Å². The van der Waals surface area contributed by atoms with Gasteiger partial charge in [0.1, 0.15) is 5.78 Å². The van der Waals surface area contributed by atoms with E-state index in [-0.39, 0.29) is 5.78 Å². The largest absolute Gasteiger partial charge is 0.300 e. The molecule has 1 heteroatoms. The zero-order valence-corrected chi connectivity index (χ0v) is 20.3. The zero-order chi connectivity index (χ0) is 22.9. The maximum Gasteiger partial charge on any atom is 0.134 e. The van der Waals surface area contributed by atoms with Crippen LogP contribution < -0.4 is 0 Å². The van der Waals surface area contributed by atoms with Gasteiger partial charge in [-0.2, -0.15) is 0 Å². The minimum absolute atomic E-state index is 0.218. The molecule has 0 amide bonds. The van der Waals surface area contributed by atoms with E-state index in [1.54, 1.807) is 6.92 Å². The molecule has 0 saturated carbocycles. The zero-order valence-electron chi connectivity index (χ0n) is 20.3. The number of benzene rings is 1. The summed E-state index contributed by atoms with van der Waals surface area (Å²) in [5.74, 6) is 0.751. The van der Waals surface area contributed by atoms with E-state index in [0.717, 1.165) is 12.0 Å². The van der Waals surface area contributed by atoms with Crippen molar-refractivity contribution < 1.29 is 4.79 Å². The summed E-state index contributed by atoms with van der Waals surface area (Å²) in [6.07, 6.45) is 17.3. The number of rotatable bonds is 7. The Bertz CT molecular complexity index is 771. The van der Waals surface area contributed by atoms with Crippen molar-refractivity contribution in [3.63, 3.8) is 0 Å². The quantitative estimate of drug-likeness (QED) is 0.415. The van der Waals surface area contributed by atoms with E-state index >= 15 is 0 Å². The fourth-order valence-corrected chi connectivity index (χ4v) is 3.15. The van der Waals surface area contributed by atoms with Crippen LogP contribution in [0.4, 0.5) is 0 Å². The lowest BCUT2D eigenvalue weighted by atomic mass is 9.87. The van der Waals surface area contributed by atoms with Crippen molar-refractivity contribution in [2.45, 2.75) is 74.1 Å². The number of aryl methyl sites for hydroxylation is 1. The minimum atomic E-state index is 0.218. The van der Waals surface area contributed by atoms with Crippen molar-refractivity contribution in [1.29, 1.82) is 0 Å². The van der Waals surface area contributed by atoms with E-state index in [9.17, 15) is 4.79 Å². The molecule has 0 spiro atoms. The van der Waals surface area contributed by atoms with Crippen LogP contribution >= 0.6 is 0 Å². The summed E-state index contributed by atoms with van der Waals surface area (Å²) in [7, 11) is 0. The summed E-state index contributed by atoms with van der Waals surface area (Å²) in [6.45, 7) is 18.0. The van der Waals surface area contributed by atoms with E-state index in [4.69, 9.17) is 0 Å². The normalized spacial score (nSPS) is 14.4. The summed E-state index contributed by atoms with van der Waals surface area (Å²) in [5, 5.41) is 0. The molecule has 0 saturated heterocycles. The Hall–Kier alpha value is -2.41. The standard InChI is InChI=1S/C17H24.C10H12O.C2H6/c1-5-14(3)12-13-16(6-2)15(4)17-10-8-7-9-11-17;1-8-4-3-5-10(6-8)7-9(2)11;1-2/h5,8,10-13,15H,1,6-7,9H2,2-4H3;3-6H,7H2,1-2H3;1-2H3/b14-12-,16-13+;;. The average molecular weight is 407 g/mol. The molecule has 0 aliphatic heterocycles. The van der Waals surface area contributed by atoms with Crippen LogP contribution in [0.3, 0.4) is 0 Å². The molecule has 1 aliphatic rings. The van der Waals surface area contributed by atoms with Gasteiger partial charge >= 0.3 is 0 Å². The Morgan fingerprint density at radius 1 is 1.17 bits per heavy atom. The van der Waals surface area contributed by atoms with E-state index in [1.807, 2.05) is 51.1 Å². The monoisotopic (exact) mass is 406 g/mol. The van der Waals surface area contributed by atoms with E-state index in [2.05, 4.69) is 57.7 Å². The first-order valence-corrected chi connectivity index (χ1v) is 11.3. The van der Waals surface area contributed by atoms with Crippen LogP contribution in [0.1, 0.15) is 71.9 Å². The van der Waals surface area contributed by atoms with Crippen LogP contribution in [0.15, 0.2) is 84.0 Å². The van der Waals surface area contributed by atoms with Crippen molar-refractivity contribution in [3.8, 4) is 0 Å². The Morgan fingerprint density at radius 2 is 1.87 bits per heavy atom. The van der Waals surface area contributed by atoms with Gasteiger partial charge in [0.15, 0.2) is 0 Å². The molecule has 0 bridgehead atoms. The molecule has 1 aliphatic carbocycles. The molecular weight excluding hydrogens is 364 g/mol. The van der Waals surface area contributed by atoms with Crippen LogP contribution in [0.25, 0.3) is 0 Å². The van der Waals surface area contributed by atoms with Gasteiger partial charge in [-0.25, -0.2) is 0 Å². The van der Waals surface area contributed by atoms with Crippen LogP contribution in [0.2, 0.25) is 0 Å². The number of hydrogen-bond acceptors (Lipinski definition) is 1. The average Bonchev–Trinajstić information content (AvgIpc) is 2.76. The number of carbonyl (C=O) groups is 1. The maximum absolute atomic E-state index is 10.7. The predicted octanol–water partition coefficient (Wildman–Crippen LogP) is 8.52. The van der Waals surface area contributed by atoms with Gasteiger partial charge in [0, 0.05) is 12.3 Å². The predicted molar refractivity (Wildman–Crippen MR) is 135 cm³/mol. The maximum atomic E-state index is 10.7. The Morgan fingerprint density at radius 3 is 2.37 bits per heavy atom. The molecule has 1 aromatic carbocycles. The van der Waals surface area contributed by atoms with Crippen molar-refractivity contribution in [1.82, 2.24) is 0 Å². The third kappa shape index (κ3) is 11.6. The van der Waals surface area contributed by atoms with Gasteiger partial charge in [0.25, 0.3) is 0 Å². The lowest BCUT2D eigenvalue weighted by Gasteiger charge is -2.18. The summed E-state index contributed by atoms with van der Waals surface area (Å²) in [5.41, 5.74) is 6.50. The fraction of sp³-hybridized carbons (Fsp3) is 0.414. The van der Waals surface area contributed by atoms with Gasteiger partial charge in [-0.05, 0) is 51.2 Å². The topological polar surface area (TPSA) is 17.1 Å². The number of allylic oxidation sites excluding steroid dienone is 9. The molecule has 1 unspecified atom stereocenters. The molecule has 0 N–H and O–H groups in total. The minimum Gasteiger partial charge on any atom is -0.300 e. The van der Waals surface area contributed by atoms with Gasteiger partial charge in [-0.1, -0.05) is 112 Å². The second-order valence-corrected chi connectivity index (χ2v) is 7.48. The van der Waals surface area contributed by atoms with Crippen molar-refractivity contribution in [3.05, 3.63) is 95.1 Å². The fourth-order valence-electron chi connectivity index (χ4n) is 3.15. The lowest BCUT2D eigenvalue weighted by Crippen LogP contribution is -2.03. The third-order valence-corrected chi connectivity index (χ3v) is 4.91. The van der Waals surface area contributed by atoms with Crippen LogP contribution in [-0.4, -0.2) is 5.78 Å². The van der Waals surface area contributed by atoms with Gasteiger partial charge in [0.05, 0.1) is 0 Å². The van der Waals surface area contributed by atoms with Gasteiger partial charge in [-0.3, -0.25) is 4.79 Å². The van der Waals surface area contributed by atoms with Crippen LogP contribution in [0, 0.1) is 12.8 Å². The molecule has 0 aromatic heterocycles. The van der Waals surface area contributed by atoms with E-state index in [0.29, 0.717) is 12.3 Å². The molecular formula is C29H42O. The molecule has 1 aromatic rings. The molecule has 1 atom stereocenters. The first kappa shape index (κ1) is 27.6. The number of carbonyl (C=O) groups excluding carboxylic acids is 1. The van der Waals surface area contributed by atoms with E-state index < -0.39 is 0 Å². The Balaban J connectivity index is 0.000000557. The smallest absolute Gasteiger partial charge is 0.134 e. The van der Waals surface area contributed by atoms with Gasteiger partial charge in [-0.15, -0.1) is 0 Å². The number of hydrogen-bond donors (Lipinski definition) is 0. The number of Topliss-reactive ketones (excluding diaryl/α,β-unsaturated/α-hetero) is 1. The summed E-state index contributed by atoms with van der Waals surface area (Å²) < 4.78 is 0. The second kappa shape index (κ2) is 16.4. The highest BCUT2D eigenvalue weighted by molar-refractivity contribution is 5.78. The molecule has 2 rings (SSSR count). The molecule has 1 nitrogen and oxygen atoms in total. The molecule has 0 heterocycles. The highest BCUT2D eigenvalue weighted by Gasteiger charge is 2.11. The lowest BCUT2D eigenvalue weighted by molar-refractivity contribution is -0.116. The first-order chi connectivity index (χ1) is 14.4. The van der Waals surface area contributed by atoms with Crippen LogP contribution in [-0.2, 0) is 11.2 Å². The molecule has 164 valence electrons. The molecule has 0 fully saturated rings. The summed E-state index contributed by atoms with van der Waals surface area (Å²) in [4.78, 5) is 10.7. The molecule has 0 radical (unpaired) electrons. The Labute approximate surface area is 186 Å². The van der Waals surface area contributed by atoms with Crippen molar-refractivity contribution >= 4 is 5.78 Å². The Kier molecular flexibility index (Phi) is 15.1. The molecule has 30 heavy (non-hydrogen) atoms. The highest BCUT2D eigenvalue weighted by atomic mass is 16.1. The first-order valence-electron chi connectivity index (χ1n) is 11.3.